The van der Waals surface area contributed by atoms with Crippen molar-refractivity contribution in [2.75, 3.05) is 6.61 Å². The van der Waals surface area contributed by atoms with Gasteiger partial charge in [0.05, 0.1) is 0 Å². The third kappa shape index (κ3) is 2.45. The van der Waals surface area contributed by atoms with Crippen molar-refractivity contribution in [1.29, 1.82) is 0 Å². The van der Waals surface area contributed by atoms with Crippen molar-refractivity contribution >= 4 is 0 Å². The van der Waals surface area contributed by atoms with Gasteiger partial charge >= 0.3 is 0 Å². The second kappa shape index (κ2) is 4.14. The zero-order chi connectivity index (χ0) is 11.6. The smallest absolute Gasteiger partial charge is 0.254 e. The van der Waals surface area contributed by atoms with Crippen LogP contribution in [0.25, 0.3) is 0 Å². The van der Waals surface area contributed by atoms with Gasteiger partial charge in [0.2, 0.25) is 0 Å². The predicted octanol–water partition coefficient (Wildman–Crippen LogP) is 1.66. The maximum atomic E-state index is 11.6. The van der Waals surface area contributed by atoms with Crippen molar-refractivity contribution in [1.82, 2.24) is 9.97 Å². The SMILES string of the molecule is CCOC(C)(C)c1nc(C)c(C)c(=O)[nH]1. The standard InChI is InChI=1S/C11H18N2O2/c1-6-15-11(4,5)10-12-8(3)7(2)9(14)13-10/h6H2,1-5H3,(H,12,13,14). The highest BCUT2D eigenvalue weighted by atomic mass is 16.5. The number of nitrogens with one attached hydrogen (secondary N) is 1. The molecule has 0 radical (unpaired) electrons. The Labute approximate surface area is 89.7 Å². The van der Waals surface area contributed by atoms with E-state index >= 15 is 0 Å². The highest BCUT2D eigenvalue weighted by Gasteiger charge is 2.24. The van der Waals surface area contributed by atoms with Crippen molar-refractivity contribution in [2.45, 2.75) is 40.2 Å². The first kappa shape index (κ1) is 11.9. The lowest BCUT2D eigenvalue weighted by Gasteiger charge is -2.23. The van der Waals surface area contributed by atoms with Gasteiger partial charge in [-0.1, -0.05) is 0 Å². The maximum absolute atomic E-state index is 11.6. The molecule has 4 heteroatoms. The molecule has 0 aromatic carbocycles. The molecule has 0 bridgehead atoms. The van der Waals surface area contributed by atoms with E-state index in [1.165, 1.54) is 0 Å². The fourth-order valence-electron chi connectivity index (χ4n) is 1.36. The van der Waals surface area contributed by atoms with Gasteiger partial charge in [0.25, 0.3) is 5.56 Å². The van der Waals surface area contributed by atoms with Gasteiger partial charge in [-0.05, 0) is 34.6 Å². The maximum Gasteiger partial charge on any atom is 0.254 e. The summed E-state index contributed by atoms with van der Waals surface area (Å²) in [5.41, 5.74) is 0.768. The van der Waals surface area contributed by atoms with Crippen molar-refractivity contribution in [3.63, 3.8) is 0 Å². The molecule has 1 aromatic heterocycles. The van der Waals surface area contributed by atoms with Crippen LogP contribution >= 0.6 is 0 Å². The van der Waals surface area contributed by atoms with E-state index in [0.29, 0.717) is 18.0 Å². The summed E-state index contributed by atoms with van der Waals surface area (Å²) in [7, 11) is 0. The fourth-order valence-corrected chi connectivity index (χ4v) is 1.36. The number of aromatic nitrogens is 2. The average molecular weight is 210 g/mol. The second-order valence-electron chi connectivity index (χ2n) is 4.07. The van der Waals surface area contributed by atoms with Crippen molar-refractivity contribution in [3.05, 3.63) is 27.4 Å². The molecular weight excluding hydrogens is 192 g/mol. The van der Waals surface area contributed by atoms with Crippen molar-refractivity contribution in [3.8, 4) is 0 Å². The van der Waals surface area contributed by atoms with Gasteiger partial charge in [-0.15, -0.1) is 0 Å². The Balaban J connectivity index is 3.22. The molecule has 0 aliphatic rings. The van der Waals surface area contributed by atoms with E-state index in [1.54, 1.807) is 6.92 Å². The van der Waals surface area contributed by atoms with Crippen LogP contribution in [0.2, 0.25) is 0 Å². The van der Waals surface area contributed by atoms with Gasteiger partial charge in [-0.2, -0.15) is 0 Å². The Bertz CT molecular complexity index is 408. The number of ether oxygens (including phenoxy) is 1. The Morgan fingerprint density at radius 1 is 1.40 bits per heavy atom. The molecule has 0 aliphatic carbocycles. The number of hydrogen-bond donors (Lipinski definition) is 1. The average Bonchev–Trinajstić information content (AvgIpc) is 2.13. The number of nitrogens with zero attached hydrogens (tertiary/aromatic N) is 1. The first-order valence-corrected chi connectivity index (χ1v) is 5.10. The molecular formula is C11H18N2O2. The van der Waals surface area contributed by atoms with Gasteiger partial charge < -0.3 is 9.72 Å². The third-order valence-electron chi connectivity index (χ3n) is 2.47. The van der Waals surface area contributed by atoms with E-state index in [0.717, 1.165) is 5.69 Å². The number of H-pyrrole nitrogens is 1. The molecule has 0 saturated carbocycles. The summed E-state index contributed by atoms with van der Waals surface area (Å²) in [4.78, 5) is 18.7. The van der Waals surface area contributed by atoms with Crippen LogP contribution in [0, 0.1) is 13.8 Å². The molecule has 4 nitrogen and oxygen atoms in total. The van der Waals surface area contributed by atoms with Crippen LogP contribution in [0.3, 0.4) is 0 Å². The normalized spacial score (nSPS) is 11.8. The second-order valence-corrected chi connectivity index (χ2v) is 4.07. The van der Waals surface area contributed by atoms with Crippen LogP contribution < -0.4 is 5.56 Å². The largest absolute Gasteiger partial charge is 0.368 e. The molecule has 0 fully saturated rings. The molecule has 0 unspecified atom stereocenters. The predicted molar refractivity (Wildman–Crippen MR) is 59.0 cm³/mol. The van der Waals surface area contributed by atoms with Gasteiger partial charge in [0.1, 0.15) is 11.4 Å². The van der Waals surface area contributed by atoms with E-state index in [2.05, 4.69) is 9.97 Å². The molecule has 15 heavy (non-hydrogen) atoms. The van der Waals surface area contributed by atoms with Gasteiger partial charge in [0, 0.05) is 17.9 Å². The number of hydrogen-bond acceptors (Lipinski definition) is 3. The molecule has 1 aromatic rings. The van der Waals surface area contributed by atoms with Crippen LogP contribution in [0.15, 0.2) is 4.79 Å². The monoisotopic (exact) mass is 210 g/mol. The summed E-state index contributed by atoms with van der Waals surface area (Å²) in [5.74, 6) is 0.581. The molecule has 0 aliphatic heterocycles. The van der Waals surface area contributed by atoms with Crippen LogP contribution in [0.5, 0.6) is 0 Å². The number of rotatable bonds is 3. The van der Waals surface area contributed by atoms with Crippen molar-refractivity contribution in [2.24, 2.45) is 0 Å². The first-order valence-electron chi connectivity index (χ1n) is 5.10. The van der Waals surface area contributed by atoms with E-state index in [-0.39, 0.29) is 5.56 Å². The van der Waals surface area contributed by atoms with Crippen LogP contribution in [0.1, 0.15) is 37.9 Å². The zero-order valence-electron chi connectivity index (χ0n) is 9.97. The van der Waals surface area contributed by atoms with Crippen molar-refractivity contribution < 1.29 is 4.74 Å². The molecule has 84 valence electrons. The first-order chi connectivity index (χ1) is 6.88. The summed E-state index contributed by atoms with van der Waals surface area (Å²) in [5, 5.41) is 0. The summed E-state index contributed by atoms with van der Waals surface area (Å²) in [6, 6.07) is 0. The highest BCUT2D eigenvalue weighted by molar-refractivity contribution is 5.16. The van der Waals surface area contributed by atoms with E-state index in [4.69, 9.17) is 4.74 Å². The Morgan fingerprint density at radius 2 is 2.00 bits per heavy atom. The van der Waals surface area contributed by atoms with Gasteiger partial charge in [-0.25, -0.2) is 4.98 Å². The lowest BCUT2D eigenvalue weighted by Crippen LogP contribution is -2.29. The lowest BCUT2D eigenvalue weighted by molar-refractivity contribution is -0.0211. The summed E-state index contributed by atoms with van der Waals surface area (Å²) in [6.45, 7) is 9.88. The van der Waals surface area contributed by atoms with Crippen LogP contribution in [0.4, 0.5) is 0 Å². The molecule has 1 heterocycles. The van der Waals surface area contributed by atoms with E-state index < -0.39 is 5.60 Å². The Morgan fingerprint density at radius 3 is 2.47 bits per heavy atom. The molecule has 1 N–H and O–H groups in total. The molecule has 0 spiro atoms. The van der Waals surface area contributed by atoms with Gasteiger partial charge in [0.15, 0.2) is 0 Å². The highest BCUT2D eigenvalue weighted by Crippen LogP contribution is 2.20. The number of aromatic amines is 1. The Hall–Kier alpha value is -1.16. The summed E-state index contributed by atoms with van der Waals surface area (Å²) >= 11 is 0. The summed E-state index contributed by atoms with van der Waals surface area (Å²) < 4.78 is 5.53. The fraction of sp³-hybridized carbons (Fsp3) is 0.636. The topological polar surface area (TPSA) is 55.0 Å². The minimum atomic E-state index is -0.549. The van der Waals surface area contributed by atoms with E-state index in [1.807, 2.05) is 27.7 Å². The molecule has 0 saturated heterocycles. The number of aryl methyl sites for hydroxylation is 1. The lowest BCUT2D eigenvalue weighted by atomic mass is 10.1. The minimum Gasteiger partial charge on any atom is -0.368 e. The quantitative estimate of drug-likeness (QED) is 0.825. The van der Waals surface area contributed by atoms with E-state index in [9.17, 15) is 4.79 Å². The zero-order valence-corrected chi connectivity index (χ0v) is 9.97. The van der Waals surface area contributed by atoms with Crippen LogP contribution in [-0.4, -0.2) is 16.6 Å². The Kier molecular flexibility index (Phi) is 3.29. The molecule has 0 atom stereocenters. The third-order valence-corrected chi connectivity index (χ3v) is 2.47. The molecule has 1 rings (SSSR count). The minimum absolute atomic E-state index is 0.0923. The van der Waals surface area contributed by atoms with Crippen LogP contribution in [-0.2, 0) is 10.3 Å². The summed E-state index contributed by atoms with van der Waals surface area (Å²) in [6.07, 6.45) is 0. The van der Waals surface area contributed by atoms with Gasteiger partial charge in [-0.3, -0.25) is 4.79 Å². The molecule has 0 amide bonds.